The predicted molar refractivity (Wildman–Crippen MR) is 88.4 cm³/mol. The number of aromatic amines is 1. The lowest BCUT2D eigenvalue weighted by Gasteiger charge is -2.29. The summed E-state index contributed by atoms with van der Waals surface area (Å²) in [6, 6.07) is 4.01. The van der Waals surface area contributed by atoms with Crippen molar-refractivity contribution in [1.29, 1.82) is 0 Å². The molecular weight excluding hydrogens is 388 g/mol. The van der Waals surface area contributed by atoms with E-state index >= 15 is 0 Å². The molecule has 0 amide bonds. The van der Waals surface area contributed by atoms with Crippen molar-refractivity contribution >= 4 is 5.97 Å². The zero-order valence-corrected chi connectivity index (χ0v) is 14.7. The minimum Gasteiger partial charge on any atom is -0.481 e. The van der Waals surface area contributed by atoms with Gasteiger partial charge in [-0.2, -0.15) is 5.16 Å². The summed E-state index contributed by atoms with van der Waals surface area (Å²) in [6.45, 7) is 1.64. The van der Waals surface area contributed by atoms with Crippen LogP contribution in [0.5, 0.6) is 5.75 Å². The molecule has 0 saturated carbocycles. The van der Waals surface area contributed by atoms with E-state index in [1.165, 1.54) is 12.1 Å². The second kappa shape index (κ2) is 8.91. The monoisotopic (exact) mass is 406 g/mol. The summed E-state index contributed by atoms with van der Waals surface area (Å²) < 4.78 is 59.5. The number of aliphatic carboxylic acids is 1. The molecule has 1 aromatic carbocycles. The van der Waals surface area contributed by atoms with Gasteiger partial charge in [0.25, 0.3) is 11.5 Å². The van der Waals surface area contributed by atoms with Crippen LogP contribution in [-0.4, -0.2) is 29.1 Å². The van der Waals surface area contributed by atoms with Gasteiger partial charge in [0.15, 0.2) is 0 Å². The van der Waals surface area contributed by atoms with E-state index in [1.807, 2.05) is 0 Å². The van der Waals surface area contributed by atoms with Gasteiger partial charge in [-0.05, 0) is 25.5 Å². The molecule has 1 aliphatic heterocycles. The van der Waals surface area contributed by atoms with Crippen LogP contribution >= 0.6 is 0 Å². The van der Waals surface area contributed by atoms with Gasteiger partial charge in [-0.15, -0.1) is 13.2 Å². The Balaban J connectivity index is 0.000000640. The first-order valence-corrected chi connectivity index (χ1v) is 8.21. The number of aromatic nitrogens is 1. The third kappa shape index (κ3) is 6.41. The van der Waals surface area contributed by atoms with Crippen LogP contribution in [0.2, 0.25) is 0 Å². The normalized spacial score (nSPS) is 19.5. The minimum atomic E-state index is -4.87. The van der Waals surface area contributed by atoms with E-state index in [0.29, 0.717) is 31.2 Å². The van der Waals surface area contributed by atoms with Crippen molar-refractivity contribution in [2.45, 2.75) is 38.1 Å². The number of carbonyl (C=O) groups is 1. The lowest BCUT2D eigenvalue weighted by Crippen LogP contribution is -2.31. The number of carboxylic acids is 1. The smallest absolute Gasteiger partial charge is 0.481 e. The molecule has 11 heteroatoms. The van der Waals surface area contributed by atoms with Gasteiger partial charge >= 0.3 is 6.36 Å². The van der Waals surface area contributed by atoms with Gasteiger partial charge in [0, 0.05) is 36.6 Å². The first-order valence-electron chi connectivity index (χ1n) is 8.21. The highest BCUT2D eigenvalue weighted by Gasteiger charge is 2.32. The van der Waals surface area contributed by atoms with Crippen LogP contribution in [0.1, 0.15) is 43.0 Å². The highest BCUT2D eigenvalue weighted by molar-refractivity contribution is 5.62. The third-order valence-electron chi connectivity index (χ3n) is 3.93. The van der Waals surface area contributed by atoms with Crippen LogP contribution < -0.4 is 15.6 Å². The van der Waals surface area contributed by atoms with Gasteiger partial charge in [0.1, 0.15) is 17.3 Å². The number of H-pyrrole nitrogens is 1. The average molecular weight is 406 g/mol. The van der Waals surface area contributed by atoms with Gasteiger partial charge < -0.3 is 19.7 Å². The quantitative estimate of drug-likeness (QED) is 0.676. The van der Waals surface area contributed by atoms with Crippen molar-refractivity contribution in [2.24, 2.45) is 0 Å². The number of carboxylic acid groups (broad SMARTS) is 1. The summed E-state index contributed by atoms with van der Waals surface area (Å²) in [5, 5.41) is 12.7. The fourth-order valence-corrected chi connectivity index (χ4v) is 2.90. The molecule has 2 heterocycles. The van der Waals surface area contributed by atoms with Crippen molar-refractivity contribution in [3.63, 3.8) is 0 Å². The molecule has 154 valence electrons. The molecule has 1 fully saturated rings. The Bertz CT molecular complexity index is 858. The molecule has 1 aliphatic rings. The van der Waals surface area contributed by atoms with Crippen LogP contribution in [0.3, 0.4) is 0 Å². The van der Waals surface area contributed by atoms with E-state index in [1.54, 1.807) is 0 Å². The number of alkyl halides is 3. The molecule has 2 aromatic rings. The van der Waals surface area contributed by atoms with Gasteiger partial charge in [0.2, 0.25) is 0 Å². The lowest BCUT2D eigenvalue weighted by molar-refractivity contribution is -0.274. The Labute approximate surface area is 156 Å². The van der Waals surface area contributed by atoms with Crippen LogP contribution in [0.15, 0.2) is 33.6 Å². The van der Waals surface area contributed by atoms with Crippen LogP contribution in [0, 0.1) is 5.82 Å². The highest BCUT2D eigenvalue weighted by atomic mass is 19.4. The molecule has 3 rings (SSSR count). The molecule has 28 heavy (non-hydrogen) atoms. The summed E-state index contributed by atoms with van der Waals surface area (Å²) in [5.74, 6) is -1.82. The number of nitrogens with one attached hydrogen (secondary N) is 2. The molecule has 0 bridgehead atoms. The Morgan fingerprint density at radius 2 is 2.00 bits per heavy atom. The zero-order valence-electron chi connectivity index (χ0n) is 14.7. The molecule has 1 saturated heterocycles. The van der Waals surface area contributed by atoms with Crippen molar-refractivity contribution in [3.8, 4) is 5.75 Å². The Morgan fingerprint density at radius 3 is 2.54 bits per heavy atom. The topological polar surface area (TPSA) is 105 Å². The van der Waals surface area contributed by atoms with Crippen LogP contribution in [-0.2, 0) is 4.79 Å². The van der Waals surface area contributed by atoms with E-state index < -0.39 is 29.9 Å². The largest absolute Gasteiger partial charge is 0.573 e. The molecule has 2 atom stereocenters. The first kappa shape index (κ1) is 21.5. The first-order chi connectivity index (χ1) is 13.0. The van der Waals surface area contributed by atoms with Gasteiger partial charge in [-0.3, -0.25) is 9.59 Å². The molecule has 0 aliphatic carbocycles. The molecule has 7 nitrogen and oxygen atoms in total. The fourth-order valence-electron chi connectivity index (χ4n) is 2.90. The fraction of sp³-hybridized carbons (Fsp3) is 0.412. The molecular formula is C17H18F4N2O5. The van der Waals surface area contributed by atoms with Crippen molar-refractivity contribution < 1.29 is 36.7 Å². The summed E-state index contributed by atoms with van der Waals surface area (Å²) in [4.78, 5) is 20.2. The number of hydrogen-bond donors (Lipinski definition) is 3. The van der Waals surface area contributed by atoms with E-state index in [4.69, 9.17) is 14.4 Å². The summed E-state index contributed by atoms with van der Waals surface area (Å²) in [7, 11) is 0. The van der Waals surface area contributed by atoms with E-state index in [-0.39, 0.29) is 17.0 Å². The maximum Gasteiger partial charge on any atom is 0.573 e. The van der Waals surface area contributed by atoms with E-state index in [9.17, 15) is 22.4 Å². The number of hydrogen-bond acceptors (Lipinski definition) is 5. The predicted octanol–water partition coefficient (Wildman–Crippen LogP) is 3.30. The van der Waals surface area contributed by atoms with E-state index in [2.05, 4.69) is 15.2 Å². The van der Waals surface area contributed by atoms with Crippen LogP contribution in [0.4, 0.5) is 17.6 Å². The van der Waals surface area contributed by atoms with Gasteiger partial charge in [0.05, 0.1) is 0 Å². The lowest BCUT2D eigenvalue weighted by atomic mass is 9.87. The molecule has 0 radical (unpaired) electrons. The van der Waals surface area contributed by atoms with Gasteiger partial charge in [-0.1, -0.05) is 6.07 Å². The van der Waals surface area contributed by atoms with Crippen molar-refractivity contribution in [1.82, 2.24) is 10.5 Å². The molecule has 0 unspecified atom stereocenters. The standard InChI is InChI=1S/C15H14F4N2O3.C2H4O2/c16-11-6-9(23-15(17,18)19)1-2-10(11)12-5-8(3-4-20-12)13-7-14(22)21-24-13;1-2(3)4/h1-2,6-8,12,20H,3-5H2,(H,21,22);1H3,(H,3,4)/t8-,12-;/m1./s1. The SMILES string of the molecule is CC(=O)O.O=c1cc([C@@H]2CCN[C@@H](c3ccc(OC(F)(F)F)cc3F)C2)o[nH]1. The molecule has 3 N–H and O–H groups in total. The summed E-state index contributed by atoms with van der Waals surface area (Å²) >= 11 is 0. The maximum absolute atomic E-state index is 14.2. The maximum atomic E-state index is 14.2. The molecule has 1 aromatic heterocycles. The number of benzene rings is 1. The number of halogens is 4. The van der Waals surface area contributed by atoms with E-state index in [0.717, 1.165) is 13.0 Å². The second-order valence-corrected chi connectivity index (χ2v) is 6.09. The zero-order chi connectivity index (χ0) is 20.9. The number of piperidine rings is 1. The second-order valence-electron chi connectivity index (χ2n) is 6.09. The Kier molecular flexibility index (Phi) is 6.84. The highest BCUT2D eigenvalue weighted by Crippen LogP contribution is 2.35. The summed E-state index contributed by atoms with van der Waals surface area (Å²) in [6.07, 6.45) is -3.71. The van der Waals surface area contributed by atoms with Crippen molar-refractivity contribution in [3.05, 3.63) is 51.8 Å². The average Bonchev–Trinajstić information content (AvgIpc) is 3.00. The number of ether oxygens (including phenoxy) is 1. The van der Waals surface area contributed by atoms with Crippen molar-refractivity contribution in [2.75, 3.05) is 6.54 Å². The number of rotatable bonds is 3. The minimum absolute atomic E-state index is 0.0827. The summed E-state index contributed by atoms with van der Waals surface area (Å²) in [5.41, 5.74) is -0.105. The van der Waals surface area contributed by atoms with Crippen LogP contribution in [0.25, 0.3) is 0 Å². The Morgan fingerprint density at radius 1 is 1.32 bits per heavy atom. The Hall–Kier alpha value is -2.82. The molecule has 0 spiro atoms. The third-order valence-corrected chi connectivity index (χ3v) is 3.93. The van der Waals surface area contributed by atoms with Gasteiger partial charge in [-0.25, -0.2) is 4.39 Å².